The van der Waals surface area contributed by atoms with Gasteiger partial charge in [0, 0.05) is 6.42 Å². The van der Waals surface area contributed by atoms with Gasteiger partial charge in [-0.2, -0.15) is 0 Å². The van der Waals surface area contributed by atoms with Gasteiger partial charge >= 0.3 is 17.9 Å². The molecule has 0 amide bonds. The molecule has 0 radical (unpaired) electrons. The molecule has 0 rings (SSSR count). The second-order valence-electron chi connectivity index (χ2n) is 4.15. The highest BCUT2D eigenvalue weighted by Gasteiger charge is 2.31. The first kappa shape index (κ1) is 21.5. The van der Waals surface area contributed by atoms with Crippen LogP contribution in [0.15, 0.2) is 0 Å². The van der Waals surface area contributed by atoms with Gasteiger partial charge < -0.3 is 35.7 Å². The summed E-state index contributed by atoms with van der Waals surface area (Å²) in [5.41, 5.74) is 0. The van der Waals surface area contributed by atoms with Crippen LogP contribution < -0.4 is 0 Å². The predicted molar refractivity (Wildman–Crippen MR) is 66.2 cm³/mol. The highest BCUT2D eigenvalue weighted by molar-refractivity contribution is 5.83. The molecule has 0 spiro atoms. The summed E-state index contributed by atoms with van der Waals surface area (Å²) >= 11 is 0. The van der Waals surface area contributed by atoms with E-state index < -0.39 is 35.9 Å². The average molecular weight is 312 g/mol. The zero-order valence-electron chi connectivity index (χ0n) is 11.3. The molecule has 10 nitrogen and oxygen atoms in total. The van der Waals surface area contributed by atoms with Crippen molar-refractivity contribution in [1.82, 2.24) is 0 Å². The van der Waals surface area contributed by atoms with E-state index in [1.54, 1.807) is 0 Å². The third-order valence-corrected chi connectivity index (χ3v) is 2.28. The highest BCUT2D eigenvalue weighted by atomic mass is 16.5. The lowest BCUT2D eigenvalue weighted by Crippen LogP contribution is -2.39. The highest BCUT2D eigenvalue weighted by Crippen LogP contribution is 2.11. The molecule has 0 aromatic rings. The van der Waals surface area contributed by atoms with E-state index in [2.05, 4.69) is 0 Å². The second kappa shape index (κ2) is 10.0. The minimum Gasteiger partial charge on any atom is -0.479 e. The van der Waals surface area contributed by atoms with Gasteiger partial charge in [0.25, 0.3) is 5.79 Å². The molecule has 0 aliphatic rings. The van der Waals surface area contributed by atoms with Gasteiger partial charge in [0.05, 0.1) is 0 Å². The van der Waals surface area contributed by atoms with Crippen molar-refractivity contribution < 1.29 is 50.1 Å². The topological polar surface area (TPSA) is 193 Å². The van der Waals surface area contributed by atoms with E-state index in [9.17, 15) is 14.4 Å². The summed E-state index contributed by atoms with van der Waals surface area (Å²) in [6, 6.07) is 0. The average Bonchev–Trinajstić information content (AvgIpc) is 2.37. The molecular weight excluding hydrogens is 292 g/mol. The van der Waals surface area contributed by atoms with E-state index in [0.29, 0.717) is 6.42 Å². The Balaban J connectivity index is 0. The van der Waals surface area contributed by atoms with Gasteiger partial charge in [0.15, 0.2) is 12.2 Å². The van der Waals surface area contributed by atoms with Crippen LogP contribution in [-0.4, -0.2) is 71.6 Å². The van der Waals surface area contributed by atoms with E-state index in [1.165, 1.54) is 0 Å². The summed E-state index contributed by atoms with van der Waals surface area (Å²) in [4.78, 5) is 29.7. The second-order valence-corrected chi connectivity index (χ2v) is 4.15. The summed E-state index contributed by atoms with van der Waals surface area (Å²) in [5, 5.41) is 58.3. The maximum absolute atomic E-state index is 10.1. The molecule has 2 atom stereocenters. The predicted octanol–water partition coefficient (Wildman–Crippen LogP) is -1.79. The van der Waals surface area contributed by atoms with Crippen LogP contribution in [0.4, 0.5) is 0 Å². The molecule has 21 heavy (non-hydrogen) atoms. The summed E-state index contributed by atoms with van der Waals surface area (Å²) in [7, 11) is 0. The quantitative estimate of drug-likeness (QED) is 0.199. The Labute approximate surface area is 119 Å². The van der Waals surface area contributed by atoms with E-state index in [0.717, 1.165) is 12.8 Å². The van der Waals surface area contributed by atoms with Gasteiger partial charge in [-0.3, -0.25) is 0 Å². The molecule has 0 aliphatic carbocycles. The van der Waals surface area contributed by atoms with E-state index in [-0.39, 0.29) is 6.42 Å². The lowest BCUT2D eigenvalue weighted by molar-refractivity contribution is -0.205. The molecule has 0 bridgehead atoms. The van der Waals surface area contributed by atoms with Crippen LogP contribution in [0.25, 0.3) is 0 Å². The molecule has 0 saturated heterocycles. The van der Waals surface area contributed by atoms with Crippen LogP contribution in [0, 0.1) is 0 Å². The van der Waals surface area contributed by atoms with Crippen molar-refractivity contribution >= 4 is 17.9 Å². The first-order chi connectivity index (χ1) is 9.47. The van der Waals surface area contributed by atoms with Crippen molar-refractivity contribution in [3.63, 3.8) is 0 Å². The minimum atomic E-state index is -2.53. The molecule has 0 aromatic carbocycles. The number of carbonyl (C=O) groups is 3. The zero-order chi connectivity index (χ0) is 17.2. The first-order valence-corrected chi connectivity index (χ1v) is 5.97. The van der Waals surface area contributed by atoms with Crippen LogP contribution in [0.1, 0.15) is 32.6 Å². The Hall–Kier alpha value is -1.75. The van der Waals surface area contributed by atoms with Crippen molar-refractivity contribution in [3.8, 4) is 0 Å². The summed E-state index contributed by atoms with van der Waals surface area (Å²) in [5.74, 6) is -7.65. The zero-order valence-corrected chi connectivity index (χ0v) is 11.3. The summed E-state index contributed by atoms with van der Waals surface area (Å²) in [6.07, 6.45) is -2.37. The van der Waals surface area contributed by atoms with Crippen molar-refractivity contribution in [3.05, 3.63) is 0 Å². The maximum Gasteiger partial charge on any atom is 0.364 e. The van der Waals surface area contributed by atoms with Gasteiger partial charge in [0.1, 0.15) is 0 Å². The van der Waals surface area contributed by atoms with Gasteiger partial charge in [-0.1, -0.05) is 19.8 Å². The molecule has 2 unspecified atom stereocenters. The van der Waals surface area contributed by atoms with Crippen molar-refractivity contribution in [2.45, 2.75) is 50.6 Å². The molecular formula is C11H20O10. The summed E-state index contributed by atoms with van der Waals surface area (Å²) < 4.78 is 0. The third kappa shape index (κ3) is 9.73. The lowest BCUT2D eigenvalue weighted by Gasteiger charge is -2.15. The van der Waals surface area contributed by atoms with Crippen molar-refractivity contribution in [2.24, 2.45) is 0 Å². The fourth-order valence-electron chi connectivity index (χ4n) is 0.999. The smallest absolute Gasteiger partial charge is 0.364 e. The molecule has 10 heteroatoms. The maximum atomic E-state index is 10.1. The number of carboxylic acid groups (broad SMARTS) is 3. The van der Waals surface area contributed by atoms with E-state index in [1.807, 2.05) is 6.92 Å². The number of hydrogen-bond acceptors (Lipinski definition) is 7. The summed E-state index contributed by atoms with van der Waals surface area (Å²) in [6.45, 7) is 1.96. The monoisotopic (exact) mass is 312 g/mol. The Morgan fingerprint density at radius 1 is 0.905 bits per heavy atom. The van der Waals surface area contributed by atoms with E-state index >= 15 is 0 Å². The molecule has 0 aliphatic heterocycles. The third-order valence-electron chi connectivity index (χ3n) is 2.28. The number of aliphatic hydroxyl groups excluding tert-OH is 2. The standard InChI is InChI=1S/C7H14O4.C4H6O6/c1-2-3-4-5-7(10,11)6(8)9;5-1(3(7)8)2(6)4(9)10/h10-11H,2-5H2,1H3,(H,8,9);1-2,5-6H,(H,7,8)(H,9,10). The largest absolute Gasteiger partial charge is 0.479 e. The number of hydrogen-bond donors (Lipinski definition) is 7. The van der Waals surface area contributed by atoms with E-state index in [4.69, 9.17) is 35.7 Å². The van der Waals surface area contributed by atoms with Gasteiger partial charge in [-0.25, -0.2) is 14.4 Å². The number of rotatable bonds is 8. The van der Waals surface area contributed by atoms with Gasteiger partial charge in [0.2, 0.25) is 0 Å². The molecule has 0 aromatic heterocycles. The Morgan fingerprint density at radius 3 is 1.52 bits per heavy atom. The fourth-order valence-corrected chi connectivity index (χ4v) is 0.999. The molecule has 7 N–H and O–H groups in total. The first-order valence-electron chi connectivity index (χ1n) is 5.97. The van der Waals surface area contributed by atoms with Crippen LogP contribution in [0.3, 0.4) is 0 Å². The van der Waals surface area contributed by atoms with Crippen LogP contribution >= 0.6 is 0 Å². The fraction of sp³-hybridized carbons (Fsp3) is 0.727. The van der Waals surface area contributed by atoms with Crippen molar-refractivity contribution in [2.75, 3.05) is 0 Å². The Kier molecular flexibility index (Phi) is 10.3. The molecule has 124 valence electrons. The lowest BCUT2D eigenvalue weighted by atomic mass is 10.1. The molecule has 0 fully saturated rings. The van der Waals surface area contributed by atoms with Crippen LogP contribution in [0.5, 0.6) is 0 Å². The SMILES string of the molecule is CCCCCC(O)(O)C(=O)O.O=C(O)C(O)C(O)C(=O)O. The number of aliphatic hydroxyl groups is 4. The number of carboxylic acids is 3. The van der Waals surface area contributed by atoms with Crippen molar-refractivity contribution in [1.29, 1.82) is 0 Å². The van der Waals surface area contributed by atoms with Crippen LogP contribution in [0.2, 0.25) is 0 Å². The number of unbranched alkanes of at least 4 members (excludes halogenated alkanes) is 2. The van der Waals surface area contributed by atoms with Crippen LogP contribution in [-0.2, 0) is 14.4 Å². The Bertz CT molecular complexity index is 333. The van der Waals surface area contributed by atoms with Gasteiger partial charge in [-0.15, -0.1) is 0 Å². The normalized spacial score (nSPS) is 13.6. The molecule has 0 heterocycles. The Morgan fingerprint density at radius 2 is 1.29 bits per heavy atom. The minimum absolute atomic E-state index is 0.101. The van der Waals surface area contributed by atoms with Gasteiger partial charge in [-0.05, 0) is 6.42 Å². The number of aliphatic carboxylic acids is 3. The molecule has 0 saturated carbocycles.